The number of halogens is 1. The fraction of sp³-hybridized carbons (Fsp3) is 0.550. The molecule has 1 aliphatic heterocycles. The van der Waals surface area contributed by atoms with Gasteiger partial charge in [-0.2, -0.15) is 0 Å². The summed E-state index contributed by atoms with van der Waals surface area (Å²) in [6.45, 7) is 7.29. The van der Waals surface area contributed by atoms with Crippen LogP contribution in [0.1, 0.15) is 45.1 Å². The standard InChI is InChI=1S/C20H32N4.HI/c1-4-5-6-9-17(2)23-20(21-3)22-16-18-10-12-19(13-11-18)24-14-7-8-15-24;/h7-8,10-13,17H,4-6,9,14-16H2,1-3H3,(H2,21,22,23);1H. The van der Waals surface area contributed by atoms with Crippen molar-refractivity contribution in [3.05, 3.63) is 42.0 Å². The molecule has 1 heterocycles. The van der Waals surface area contributed by atoms with Crippen molar-refractivity contribution in [1.29, 1.82) is 0 Å². The lowest BCUT2D eigenvalue weighted by atomic mass is 10.1. The first-order chi connectivity index (χ1) is 11.7. The number of unbranched alkanes of at least 4 members (excludes halogenated alkanes) is 2. The number of hydrogen-bond donors (Lipinski definition) is 2. The summed E-state index contributed by atoms with van der Waals surface area (Å²) in [6.07, 6.45) is 9.46. The molecule has 0 aromatic heterocycles. The van der Waals surface area contributed by atoms with E-state index in [1.54, 1.807) is 0 Å². The Morgan fingerprint density at radius 2 is 1.84 bits per heavy atom. The maximum atomic E-state index is 4.33. The van der Waals surface area contributed by atoms with Gasteiger partial charge in [0.1, 0.15) is 0 Å². The third-order valence-corrected chi connectivity index (χ3v) is 4.43. The third kappa shape index (κ3) is 7.67. The van der Waals surface area contributed by atoms with Gasteiger partial charge in [-0.05, 0) is 31.0 Å². The largest absolute Gasteiger partial charge is 0.364 e. The topological polar surface area (TPSA) is 39.7 Å². The molecule has 1 atom stereocenters. The zero-order valence-electron chi connectivity index (χ0n) is 15.8. The smallest absolute Gasteiger partial charge is 0.191 e. The average molecular weight is 456 g/mol. The van der Waals surface area contributed by atoms with Crippen LogP contribution in [0, 0.1) is 0 Å². The monoisotopic (exact) mass is 456 g/mol. The first-order valence-corrected chi connectivity index (χ1v) is 9.19. The highest BCUT2D eigenvalue weighted by Crippen LogP contribution is 2.17. The Hall–Kier alpha value is -1.24. The van der Waals surface area contributed by atoms with Crippen LogP contribution in [0.2, 0.25) is 0 Å². The van der Waals surface area contributed by atoms with Crippen molar-refractivity contribution in [2.75, 3.05) is 25.0 Å². The molecule has 2 rings (SSSR count). The van der Waals surface area contributed by atoms with E-state index < -0.39 is 0 Å². The average Bonchev–Trinajstić information content (AvgIpc) is 3.14. The van der Waals surface area contributed by atoms with E-state index in [-0.39, 0.29) is 24.0 Å². The maximum Gasteiger partial charge on any atom is 0.191 e. The fourth-order valence-electron chi connectivity index (χ4n) is 2.90. The minimum Gasteiger partial charge on any atom is -0.364 e. The van der Waals surface area contributed by atoms with Gasteiger partial charge in [0.2, 0.25) is 0 Å². The highest BCUT2D eigenvalue weighted by molar-refractivity contribution is 14.0. The Bertz CT molecular complexity index is 531. The fourth-order valence-corrected chi connectivity index (χ4v) is 2.90. The second-order valence-corrected chi connectivity index (χ2v) is 6.51. The number of anilines is 1. The second-order valence-electron chi connectivity index (χ2n) is 6.51. The number of hydrogen-bond acceptors (Lipinski definition) is 2. The summed E-state index contributed by atoms with van der Waals surface area (Å²) < 4.78 is 0. The predicted molar refractivity (Wildman–Crippen MR) is 120 cm³/mol. The second kappa shape index (κ2) is 12.2. The van der Waals surface area contributed by atoms with Gasteiger partial charge in [0.25, 0.3) is 0 Å². The Morgan fingerprint density at radius 1 is 1.16 bits per heavy atom. The maximum absolute atomic E-state index is 4.33. The summed E-state index contributed by atoms with van der Waals surface area (Å²) in [4.78, 5) is 6.69. The van der Waals surface area contributed by atoms with Crippen LogP contribution in [-0.2, 0) is 6.54 Å². The summed E-state index contributed by atoms with van der Waals surface area (Å²) >= 11 is 0. The quantitative estimate of drug-likeness (QED) is 0.201. The predicted octanol–water partition coefficient (Wildman–Crippen LogP) is 4.31. The number of guanidine groups is 1. The molecule has 0 aliphatic carbocycles. The molecule has 0 spiro atoms. The van der Waals surface area contributed by atoms with Gasteiger partial charge < -0.3 is 15.5 Å². The molecule has 140 valence electrons. The summed E-state index contributed by atoms with van der Waals surface area (Å²) in [5.74, 6) is 0.881. The van der Waals surface area contributed by atoms with E-state index >= 15 is 0 Å². The van der Waals surface area contributed by atoms with Gasteiger partial charge in [0.15, 0.2) is 5.96 Å². The highest BCUT2D eigenvalue weighted by atomic mass is 127. The molecule has 5 heteroatoms. The van der Waals surface area contributed by atoms with Crippen LogP contribution in [0.5, 0.6) is 0 Å². The van der Waals surface area contributed by atoms with Gasteiger partial charge in [0, 0.05) is 38.4 Å². The van der Waals surface area contributed by atoms with Crippen molar-refractivity contribution in [1.82, 2.24) is 10.6 Å². The first-order valence-electron chi connectivity index (χ1n) is 9.19. The molecule has 1 aromatic rings. The van der Waals surface area contributed by atoms with Crippen LogP contribution in [0.25, 0.3) is 0 Å². The van der Waals surface area contributed by atoms with Crippen LogP contribution < -0.4 is 15.5 Å². The number of benzene rings is 1. The minimum atomic E-state index is 0. The number of nitrogens with zero attached hydrogens (tertiary/aromatic N) is 2. The number of rotatable bonds is 8. The molecular formula is C20H33IN4. The minimum absolute atomic E-state index is 0. The van der Waals surface area contributed by atoms with E-state index in [0.717, 1.165) is 25.6 Å². The van der Waals surface area contributed by atoms with Crippen molar-refractivity contribution >= 4 is 35.6 Å². The molecule has 2 N–H and O–H groups in total. The van der Waals surface area contributed by atoms with Crippen molar-refractivity contribution in [3.8, 4) is 0 Å². The van der Waals surface area contributed by atoms with Crippen molar-refractivity contribution < 1.29 is 0 Å². The lowest BCUT2D eigenvalue weighted by molar-refractivity contribution is 0.546. The molecule has 25 heavy (non-hydrogen) atoms. The summed E-state index contributed by atoms with van der Waals surface area (Å²) in [6, 6.07) is 9.24. The normalized spacial score (nSPS) is 15.0. The molecule has 0 fully saturated rings. The molecule has 0 saturated carbocycles. The molecular weight excluding hydrogens is 423 g/mol. The van der Waals surface area contributed by atoms with Gasteiger partial charge in [-0.15, -0.1) is 24.0 Å². The van der Waals surface area contributed by atoms with Crippen molar-refractivity contribution in [2.24, 2.45) is 4.99 Å². The van der Waals surface area contributed by atoms with Crippen LogP contribution in [0.4, 0.5) is 5.69 Å². The van der Waals surface area contributed by atoms with Crippen LogP contribution >= 0.6 is 24.0 Å². The highest BCUT2D eigenvalue weighted by Gasteiger charge is 2.08. The van der Waals surface area contributed by atoms with Gasteiger partial charge >= 0.3 is 0 Å². The SMILES string of the molecule is CCCCCC(C)NC(=NC)NCc1ccc(N2CC=CC2)cc1.I. The van der Waals surface area contributed by atoms with E-state index in [1.165, 1.54) is 36.9 Å². The number of aliphatic imine (C=N–C) groups is 1. The van der Waals surface area contributed by atoms with E-state index in [9.17, 15) is 0 Å². The Kier molecular flexibility index (Phi) is 10.6. The molecule has 1 aromatic carbocycles. The van der Waals surface area contributed by atoms with E-state index in [0.29, 0.717) is 6.04 Å². The number of nitrogens with one attached hydrogen (secondary N) is 2. The Labute approximate surface area is 170 Å². The lowest BCUT2D eigenvalue weighted by Gasteiger charge is -2.19. The van der Waals surface area contributed by atoms with Crippen LogP contribution in [0.15, 0.2) is 41.4 Å². The van der Waals surface area contributed by atoms with Crippen molar-refractivity contribution in [2.45, 2.75) is 52.1 Å². The molecule has 0 radical (unpaired) electrons. The van der Waals surface area contributed by atoms with Crippen LogP contribution in [-0.4, -0.2) is 32.1 Å². The Morgan fingerprint density at radius 3 is 2.44 bits per heavy atom. The van der Waals surface area contributed by atoms with E-state index in [1.807, 2.05) is 7.05 Å². The van der Waals surface area contributed by atoms with Crippen LogP contribution in [0.3, 0.4) is 0 Å². The molecule has 0 amide bonds. The van der Waals surface area contributed by atoms with E-state index in [2.05, 4.69) is 70.8 Å². The van der Waals surface area contributed by atoms with Gasteiger partial charge in [-0.3, -0.25) is 4.99 Å². The van der Waals surface area contributed by atoms with Crippen molar-refractivity contribution in [3.63, 3.8) is 0 Å². The van der Waals surface area contributed by atoms with Gasteiger partial charge in [0.05, 0.1) is 0 Å². The third-order valence-electron chi connectivity index (χ3n) is 4.43. The zero-order valence-corrected chi connectivity index (χ0v) is 18.1. The molecule has 1 unspecified atom stereocenters. The zero-order chi connectivity index (χ0) is 17.2. The Balaban J connectivity index is 0.00000312. The van der Waals surface area contributed by atoms with Gasteiger partial charge in [-0.1, -0.05) is 50.5 Å². The summed E-state index contributed by atoms with van der Waals surface area (Å²) in [5, 5.41) is 6.88. The lowest BCUT2D eigenvalue weighted by Crippen LogP contribution is -2.41. The molecule has 0 saturated heterocycles. The molecule has 0 bridgehead atoms. The van der Waals surface area contributed by atoms with Gasteiger partial charge in [-0.25, -0.2) is 0 Å². The molecule has 4 nitrogen and oxygen atoms in total. The first kappa shape index (κ1) is 21.8. The summed E-state index contributed by atoms with van der Waals surface area (Å²) in [7, 11) is 1.83. The summed E-state index contributed by atoms with van der Waals surface area (Å²) in [5.41, 5.74) is 2.56. The molecule has 1 aliphatic rings. The van der Waals surface area contributed by atoms with E-state index in [4.69, 9.17) is 0 Å².